The van der Waals surface area contributed by atoms with E-state index in [9.17, 15) is 0 Å². The summed E-state index contributed by atoms with van der Waals surface area (Å²) in [6.45, 7) is 0. The summed E-state index contributed by atoms with van der Waals surface area (Å²) in [6.07, 6.45) is 0. The van der Waals surface area contributed by atoms with E-state index in [4.69, 9.17) is 54.7 Å². The fraction of sp³-hybridized carbons (Fsp3) is 0. The fourth-order valence-corrected chi connectivity index (χ4v) is 0. The monoisotopic (exact) mass is 376 g/mol. The van der Waals surface area contributed by atoms with Crippen LogP contribution >= 0.6 is 0 Å². The van der Waals surface area contributed by atoms with Crippen molar-refractivity contribution in [2.24, 2.45) is 0 Å². The van der Waals surface area contributed by atoms with Crippen LogP contribution in [0.5, 0.6) is 0 Å². The van der Waals surface area contributed by atoms with Gasteiger partial charge in [0.25, 0.3) is 0 Å². The van der Waals surface area contributed by atoms with Gasteiger partial charge in [-0.2, -0.15) is 0 Å². The van der Waals surface area contributed by atoms with Crippen LogP contribution in [0.1, 0.15) is 1.43 Å². The molecule has 17 heavy (non-hydrogen) atoms. The number of carboxylic acid groups (broad SMARTS) is 4. The number of rotatable bonds is 0. The maximum Gasteiger partial charge on any atom is 1.00 e. The summed E-state index contributed by atoms with van der Waals surface area (Å²) >= 11 is 0. The van der Waals surface area contributed by atoms with Crippen LogP contribution in [0.2, 0.25) is 0 Å². The average Bonchev–Trinajstić information content (AvgIpc) is 2.03. The van der Waals surface area contributed by atoms with Crippen LogP contribution in [0.4, 0.5) is 0 Å². The molecule has 0 radical (unpaired) electrons. The molecular weight excluding hydrogens is 368 g/mol. The van der Waals surface area contributed by atoms with Gasteiger partial charge in [-0.3, -0.25) is 0 Å². The Bertz CT molecular complexity index is 217. The van der Waals surface area contributed by atoms with E-state index in [-0.39, 0.29) is 70.3 Å². The number of carboxylic acids is 4. The first kappa shape index (κ1) is 25.7. The van der Waals surface area contributed by atoms with E-state index in [2.05, 4.69) is 0 Å². The molecule has 11 nitrogen and oxygen atoms in total. The molecule has 0 amide bonds. The molecule has 0 aliphatic heterocycles. The topological polar surface area (TPSA) is 210 Å². The summed E-state index contributed by atoms with van der Waals surface area (Å²) in [5.41, 5.74) is 0. The quantitative estimate of drug-likeness (QED) is 0.156. The second kappa shape index (κ2) is 15.9. The SMILES string of the molecule is O=C(O)C(=O)O.O=C(O)C(=O)O.OB(O)O.[Cs+].[H-]. The summed E-state index contributed by atoms with van der Waals surface area (Å²) in [5.74, 6) is -7.30. The standard InChI is InChI=1S/2C2H2O4.BH3O3.Cs.H/c2*3-1(4)2(5)6;2-1(3)4;;/h2*(H,3,4)(H,5,6);2-4H;;/q;;;+1;-1. The second-order valence-electron chi connectivity index (χ2n) is 1.57. The average molecular weight is 376 g/mol. The summed E-state index contributed by atoms with van der Waals surface area (Å²) in [6, 6.07) is 0. The molecule has 7 N–H and O–H groups in total. The van der Waals surface area contributed by atoms with E-state index in [1.807, 2.05) is 0 Å². The molecule has 0 saturated carbocycles. The van der Waals surface area contributed by atoms with Crippen molar-refractivity contribution in [3.05, 3.63) is 0 Å². The fourth-order valence-electron chi connectivity index (χ4n) is 0. The first-order chi connectivity index (χ1) is 7.02. The molecule has 0 saturated heterocycles. The van der Waals surface area contributed by atoms with E-state index in [0.29, 0.717) is 0 Å². The molecule has 0 aliphatic carbocycles. The maximum atomic E-state index is 9.10. The molecular formula is C4H8BCsO11. The molecule has 94 valence electrons. The third kappa shape index (κ3) is 49.3. The summed E-state index contributed by atoms with van der Waals surface area (Å²) in [5, 5.41) is 51.1. The Morgan fingerprint density at radius 1 is 0.647 bits per heavy atom. The van der Waals surface area contributed by atoms with Crippen molar-refractivity contribution in [3.63, 3.8) is 0 Å². The maximum absolute atomic E-state index is 9.10. The molecule has 0 fully saturated rings. The van der Waals surface area contributed by atoms with Crippen molar-refractivity contribution in [2.75, 3.05) is 0 Å². The van der Waals surface area contributed by atoms with E-state index in [0.717, 1.165) is 0 Å². The van der Waals surface area contributed by atoms with Gasteiger partial charge >= 0.3 is 100 Å². The van der Waals surface area contributed by atoms with Crippen LogP contribution in [0.3, 0.4) is 0 Å². The van der Waals surface area contributed by atoms with Gasteiger partial charge in [-0.25, -0.2) is 19.2 Å². The molecule has 0 rings (SSSR count). The molecule has 0 aromatic heterocycles. The molecule has 0 aliphatic rings. The molecule has 0 atom stereocenters. The van der Waals surface area contributed by atoms with Crippen LogP contribution in [0.15, 0.2) is 0 Å². The van der Waals surface area contributed by atoms with Crippen LogP contribution in [0, 0.1) is 0 Å². The third-order valence-electron chi connectivity index (χ3n) is 0.366. The molecule has 0 spiro atoms. The van der Waals surface area contributed by atoms with E-state index >= 15 is 0 Å². The van der Waals surface area contributed by atoms with Gasteiger partial charge in [0.05, 0.1) is 0 Å². The molecule has 0 heterocycles. The zero-order chi connectivity index (χ0) is 13.9. The summed E-state index contributed by atoms with van der Waals surface area (Å²) in [7, 11) is -2.17. The van der Waals surface area contributed by atoms with Gasteiger partial charge < -0.3 is 36.9 Å². The van der Waals surface area contributed by atoms with Gasteiger partial charge in [0.1, 0.15) is 0 Å². The zero-order valence-corrected chi connectivity index (χ0v) is 14.6. The number of carbonyl (C=O) groups is 4. The van der Waals surface area contributed by atoms with Gasteiger partial charge in [-0.1, -0.05) is 0 Å². The van der Waals surface area contributed by atoms with Crippen molar-refractivity contribution in [1.82, 2.24) is 0 Å². The van der Waals surface area contributed by atoms with Crippen molar-refractivity contribution < 1.29 is 125 Å². The van der Waals surface area contributed by atoms with E-state index in [1.165, 1.54) is 0 Å². The molecule has 0 aromatic rings. The normalized spacial score (nSPS) is 6.76. The first-order valence-corrected chi connectivity index (χ1v) is 2.99. The minimum absolute atomic E-state index is 0. The number of aliphatic carboxylic acids is 4. The van der Waals surface area contributed by atoms with Crippen molar-refractivity contribution in [3.8, 4) is 0 Å². The van der Waals surface area contributed by atoms with Crippen molar-refractivity contribution >= 4 is 31.2 Å². The summed E-state index contributed by atoms with van der Waals surface area (Å²) < 4.78 is 0. The first-order valence-electron chi connectivity index (χ1n) is 2.99. The predicted octanol–water partition coefficient (Wildman–Crippen LogP) is -6.62. The largest absolute Gasteiger partial charge is 1.00 e. The van der Waals surface area contributed by atoms with Gasteiger partial charge in [0, 0.05) is 0 Å². The molecule has 0 aromatic carbocycles. The Labute approximate surface area is 154 Å². The van der Waals surface area contributed by atoms with Crippen LogP contribution in [-0.4, -0.2) is 66.7 Å². The number of hydrogen-bond acceptors (Lipinski definition) is 7. The Hall–Kier alpha value is -0.123. The van der Waals surface area contributed by atoms with Gasteiger partial charge in [-0.05, 0) is 0 Å². The second-order valence-corrected chi connectivity index (χ2v) is 1.57. The minimum Gasteiger partial charge on any atom is -1.00 e. The minimum atomic E-state index is -2.17. The van der Waals surface area contributed by atoms with Crippen molar-refractivity contribution in [2.45, 2.75) is 0 Å². The zero-order valence-electron chi connectivity index (χ0n) is 9.34. The molecule has 0 bridgehead atoms. The van der Waals surface area contributed by atoms with E-state index in [1.54, 1.807) is 0 Å². The Kier molecular flexibility index (Phi) is 24.0. The Morgan fingerprint density at radius 3 is 0.706 bits per heavy atom. The third-order valence-corrected chi connectivity index (χ3v) is 0.366. The van der Waals surface area contributed by atoms with E-state index < -0.39 is 31.2 Å². The van der Waals surface area contributed by atoms with Gasteiger partial charge in [0.2, 0.25) is 0 Å². The summed E-state index contributed by atoms with van der Waals surface area (Å²) in [4.78, 5) is 36.4. The Morgan fingerprint density at radius 2 is 0.706 bits per heavy atom. The molecule has 0 unspecified atom stereocenters. The van der Waals surface area contributed by atoms with Crippen molar-refractivity contribution in [1.29, 1.82) is 0 Å². The van der Waals surface area contributed by atoms with Gasteiger partial charge in [-0.15, -0.1) is 0 Å². The van der Waals surface area contributed by atoms with Crippen LogP contribution < -0.4 is 68.9 Å². The van der Waals surface area contributed by atoms with Crippen LogP contribution in [-0.2, 0) is 19.2 Å². The Balaban J connectivity index is -0.0000000454. The van der Waals surface area contributed by atoms with Crippen LogP contribution in [0.25, 0.3) is 0 Å². The number of hydrogen-bond donors (Lipinski definition) is 7. The van der Waals surface area contributed by atoms with Gasteiger partial charge in [0.15, 0.2) is 0 Å². The molecule has 13 heteroatoms. The smallest absolute Gasteiger partial charge is 1.00 e. The predicted molar refractivity (Wildman–Crippen MR) is 44.1 cm³/mol.